The number of hydrogen-bond acceptors (Lipinski definition) is 4. The molecule has 0 bridgehead atoms. The lowest BCUT2D eigenvalue weighted by Gasteiger charge is -2.26. The van der Waals surface area contributed by atoms with Crippen LogP contribution in [0.25, 0.3) is 0 Å². The topological polar surface area (TPSA) is 40.0 Å². The van der Waals surface area contributed by atoms with Crippen LogP contribution in [-0.4, -0.2) is 26.0 Å². The molecule has 0 N–H and O–H groups in total. The molecule has 0 atom stereocenters. The summed E-state index contributed by atoms with van der Waals surface area (Å²) in [6.45, 7) is 11.3. The second kappa shape index (κ2) is 10.9. The van der Waals surface area contributed by atoms with E-state index in [-0.39, 0.29) is 15.3 Å². The Morgan fingerprint density at radius 3 is 1.74 bits per heavy atom. The second-order valence-corrected chi connectivity index (χ2v) is 9.75. The van der Waals surface area contributed by atoms with Gasteiger partial charge in [-0.3, -0.25) is 0 Å². The minimum Gasteiger partial charge on any atom is -0.489 e. The average molecular weight is 464 g/mol. The quantitative estimate of drug-likeness (QED) is 0.293. The Labute approximate surface area is 195 Å². The van der Waals surface area contributed by atoms with Gasteiger partial charge in [-0.15, -0.1) is 0 Å². The Kier molecular flexibility index (Phi) is 8.84. The van der Waals surface area contributed by atoms with Crippen LogP contribution in [0.4, 0.5) is 0 Å². The van der Waals surface area contributed by atoms with Crippen LogP contribution in [0.15, 0.2) is 64.3 Å². The summed E-state index contributed by atoms with van der Waals surface area (Å²) in [4.78, 5) is 4.96. The standard InChI is InChI=1S/C25H31Cl2NO3/c1-24(2,3)22(28-29-6)17-31-21-13-9-19(10-14-21)25(4,5)18-7-11-20(12-8-18)30-16-15-23(26)27/h7-15H,16-17H2,1-6H3. The fourth-order valence-electron chi connectivity index (χ4n) is 2.94. The van der Waals surface area contributed by atoms with Crippen molar-refractivity contribution in [1.82, 2.24) is 0 Å². The summed E-state index contributed by atoms with van der Waals surface area (Å²) >= 11 is 11.2. The molecule has 168 valence electrons. The Hall–Kier alpha value is -2.17. The molecule has 0 amide bonds. The summed E-state index contributed by atoms with van der Waals surface area (Å²) in [6.07, 6.45) is 1.61. The SMILES string of the molecule is CON=C(COc1ccc(C(C)(C)c2ccc(OCC=C(Cl)Cl)cc2)cc1)C(C)(C)C. The van der Waals surface area contributed by atoms with Gasteiger partial charge in [-0.05, 0) is 41.5 Å². The molecular weight excluding hydrogens is 433 g/mol. The molecular formula is C25H31Cl2NO3. The molecule has 0 saturated carbocycles. The first-order valence-electron chi connectivity index (χ1n) is 10.1. The van der Waals surface area contributed by atoms with Crippen molar-refractivity contribution in [2.24, 2.45) is 10.6 Å². The van der Waals surface area contributed by atoms with Crippen LogP contribution in [0.2, 0.25) is 0 Å². The number of ether oxygens (including phenoxy) is 2. The lowest BCUT2D eigenvalue weighted by Crippen LogP contribution is -2.27. The van der Waals surface area contributed by atoms with E-state index in [0.29, 0.717) is 13.2 Å². The van der Waals surface area contributed by atoms with Crippen molar-refractivity contribution in [1.29, 1.82) is 0 Å². The number of rotatable bonds is 9. The van der Waals surface area contributed by atoms with Crippen molar-refractivity contribution < 1.29 is 14.3 Å². The molecule has 0 radical (unpaired) electrons. The predicted molar refractivity (Wildman–Crippen MR) is 130 cm³/mol. The van der Waals surface area contributed by atoms with E-state index in [1.165, 1.54) is 11.1 Å². The summed E-state index contributed by atoms with van der Waals surface area (Å²) in [6, 6.07) is 16.2. The van der Waals surface area contributed by atoms with Gasteiger partial charge in [0.25, 0.3) is 0 Å². The van der Waals surface area contributed by atoms with Gasteiger partial charge in [0, 0.05) is 10.8 Å². The maximum absolute atomic E-state index is 5.94. The molecule has 2 aromatic carbocycles. The first-order valence-corrected chi connectivity index (χ1v) is 10.9. The minimum atomic E-state index is -0.176. The van der Waals surface area contributed by atoms with Gasteiger partial charge >= 0.3 is 0 Å². The Balaban J connectivity index is 2.07. The highest BCUT2D eigenvalue weighted by atomic mass is 35.5. The average Bonchev–Trinajstić information content (AvgIpc) is 2.70. The van der Waals surface area contributed by atoms with Gasteiger partial charge in [0.2, 0.25) is 0 Å². The molecule has 6 heteroatoms. The van der Waals surface area contributed by atoms with Crippen molar-refractivity contribution in [2.45, 2.75) is 40.0 Å². The van der Waals surface area contributed by atoms with E-state index in [4.69, 9.17) is 37.5 Å². The maximum atomic E-state index is 5.94. The molecule has 0 aliphatic rings. The van der Waals surface area contributed by atoms with Gasteiger partial charge in [0.15, 0.2) is 0 Å². The zero-order valence-electron chi connectivity index (χ0n) is 19.0. The van der Waals surface area contributed by atoms with Gasteiger partial charge < -0.3 is 14.3 Å². The first kappa shape index (κ1) is 25.1. The molecule has 0 aliphatic heterocycles. The van der Waals surface area contributed by atoms with Crippen molar-refractivity contribution in [3.05, 3.63) is 70.2 Å². The van der Waals surface area contributed by atoms with Gasteiger partial charge in [-0.2, -0.15) is 0 Å². The molecule has 0 fully saturated rings. The predicted octanol–water partition coefficient (Wildman–Crippen LogP) is 7.14. The molecule has 0 unspecified atom stereocenters. The van der Waals surface area contributed by atoms with E-state index in [2.05, 4.69) is 64.0 Å². The summed E-state index contributed by atoms with van der Waals surface area (Å²) in [7, 11) is 1.55. The molecule has 0 spiro atoms. The highest BCUT2D eigenvalue weighted by Crippen LogP contribution is 2.33. The lowest BCUT2D eigenvalue weighted by molar-refractivity contribution is 0.204. The van der Waals surface area contributed by atoms with Crippen molar-refractivity contribution in [2.75, 3.05) is 20.3 Å². The highest BCUT2D eigenvalue weighted by Gasteiger charge is 2.24. The number of halogens is 2. The number of benzene rings is 2. The van der Waals surface area contributed by atoms with E-state index in [1.807, 2.05) is 24.3 Å². The lowest BCUT2D eigenvalue weighted by atomic mass is 9.78. The summed E-state index contributed by atoms with van der Waals surface area (Å²) in [5.41, 5.74) is 2.92. The van der Waals surface area contributed by atoms with Crippen LogP contribution in [0.1, 0.15) is 45.7 Å². The van der Waals surface area contributed by atoms with Crippen LogP contribution >= 0.6 is 23.2 Å². The third-order valence-electron chi connectivity index (χ3n) is 5.08. The molecule has 0 heterocycles. The Morgan fingerprint density at radius 1 is 0.839 bits per heavy atom. The van der Waals surface area contributed by atoms with E-state index in [1.54, 1.807) is 13.2 Å². The number of nitrogens with zero attached hydrogens (tertiary/aromatic N) is 1. The largest absolute Gasteiger partial charge is 0.489 e. The smallest absolute Gasteiger partial charge is 0.130 e. The van der Waals surface area contributed by atoms with Crippen LogP contribution in [0, 0.1) is 5.41 Å². The van der Waals surface area contributed by atoms with Gasteiger partial charge in [0.05, 0.1) is 5.71 Å². The molecule has 4 nitrogen and oxygen atoms in total. The molecule has 0 aromatic heterocycles. The van der Waals surface area contributed by atoms with Gasteiger partial charge in [-0.25, -0.2) is 0 Å². The van der Waals surface area contributed by atoms with E-state index >= 15 is 0 Å². The third-order valence-corrected chi connectivity index (χ3v) is 5.39. The maximum Gasteiger partial charge on any atom is 0.130 e. The van der Waals surface area contributed by atoms with Gasteiger partial charge in [0.1, 0.15) is 36.3 Å². The van der Waals surface area contributed by atoms with Crippen molar-refractivity contribution >= 4 is 28.9 Å². The number of oxime groups is 1. The normalized spacial score (nSPS) is 12.3. The summed E-state index contributed by atoms with van der Waals surface area (Å²) < 4.78 is 11.8. The molecule has 0 saturated heterocycles. The Bertz CT molecular complexity index is 892. The van der Waals surface area contributed by atoms with Crippen molar-refractivity contribution in [3.8, 4) is 11.5 Å². The molecule has 2 rings (SSSR count). The van der Waals surface area contributed by atoms with E-state index in [9.17, 15) is 0 Å². The first-order chi connectivity index (χ1) is 14.5. The van der Waals surface area contributed by atoms with Gasteiger partial charge in [-0.1, -0.05) is 87.2 Å². The number of hydrogen-bond donors (Lipinski definition) is 0. The Morgan fingerprint density at radius 2 is 1.32 bits per heavy atom. The van der Waals surface area contributed by atoms with Crippen LogP contribution in [0.3, 0.4) is 0 Å². The third kappa shape index (κ3) is 7.48. The summed E-state index contributed by atoms with van der Waals surface area (Å²) in [5.74, 6) is 1.56. The zero-order chi connectivity index (χ0) is 23.1. The summed E-state index contributed by atoms with van der Waals surface area (Å²) in [5, 5.41) is 4.11. The monoisotopic (exact) mass is 463 g/mol. The zero-order valence-corrected chi connectivity index (χ0v) is 20.6. The molecule has 2 aromatic rings. The molecule has 31 heavy (non-hydrogen) atoms. The minimum absolute atomic E-state index is 0.125. The van der Waals surface area contributed by atoms with E-state index < -0.39 is 0 Å². The fourth-order valence-corrected chi connectivity index (χ4v) is 3.07. The van der Waals surface area contributed by atoms with Crippen LogP contribution in [-0.2, 0) is 10.3 Å². The van der Waals surface area contributed by atoms with E-state index in [0.717, 1.165) is 17.2 Å². The van der Waals surface area contributed by atoms with Crippen LogP contribution < -0.4 is 9.47 Å². The van der Waals surface area contributed by atoms with Crippen molar-refractivity contribution in [3.63, 3.8) is 0 Å². The molecule has 0 aliphatic carbocycles. The fraction of sp³-hybridized carbons (Fsp3) is 0.400. The second-order valence-electron chi connectivity index (χ2n) is 8.74. The van der Waals surface area contributed by atoms with Crippen LogP contribution in [0.5, 0.6) is 11.5 Å². The highest BCUT2D eigenvalue weighted by molar-refractivity contribution is 6.55.